The lowest BCUT2D eigenvalue weighted by Gasteiger charge is -2.03. The highest BCUT2D eigenvalue weighted by Crippen LogP contribution is 2.02. The third-order valence-electron chi connectivity index (χ3n) is 1.53. The molecule has 5 nitrogen and oxygen atoms in total. The van der Waals surface area contributed by atoms with Crippen LogP contribution >= 0.6 is 0 Å². The zero-order valence-corrected chi connectivity index (χ0v) is 7.67. The molecule has 0 bridgehead atoms. The van der Waals surface area contributed by atoms with Gasteiger partial charge in [0.05, 0.1) is 12.2 Å². The van der Waals surface area contributed by atoms with E-state index in [9.17, 15) is 4.79 Å². The molecule has 0 amide bonds. The predicted octanol–water partition coefficient (Wildman–Crippen LogP) is 1.07. The van der Waals surface area contributed by atoms with Crippen molar-refractivity contribution in [3.63, 3.8) is 0 Å². The fraction of sp³-hybridized carbons (Fsp3) is 0.222. The largest absolute Gasteiger partial charge is 0.475 e. The molecule has 1 aromatic rings. The van der Waals surface area contributed by atoms with Gasteiger partial charge in [-0.15, -0.1) is 0 Å². The molecule has 0 saturated carbocycles. The van der Waals surface area contributed by atoms with Crippen molar-refractivity contribution in [1.29, 1.82) is 0 Å². The standard InChI is InChI=1S/C9H10N2O3/c1-2-14-9(11-13)7-3-4-8(6-12)10-5-7/h3-6,13H,2H2,1H3. The van der Waals surface area contributed by atoms with E-state index in [1.165, 1.54) is 12.3 Å². The van der Waals surface area contributed by atoms with E-state index in [-0.39, 0.29) is 5.90 Å². The predicted molar refractivity (Wildman–Crippen MR) is 49.6 cm³/mol. The quantitative estimate of drug-likeness (QED) is 0.257. The number of ether oxygens (including phenoxy) is 1. The Morgan fingerprint density at radius 2 is 2.50 bits per heavy atom. The summed E-state index contributed by atoms with van der Waals surface area (Å²) in [4.78, 5) is 14.1. The zero-order valence-electron chi connectivity index (χ0n) is 7.67. The van der Waals surface area contributed by atoms with Gasteiger partial charge < -0.3 is 9.94 Å². The fourth-order valence-corrected chi connectivity index (χ4v) is 0.908. The zero-order chi connectivity index (χ0) is 10.4. The third kappa shape index (κ3) is 2.29. The summed E-state index contributed by atoms with van der Waals surface area (Å²) in [5.74, 6) is 0.0949. The van der Waals surface area contributed by atoms with Crippen LogP contribution in [0, 0.1) is 0 Å². The summed E-state index contributed by atoms with van der Waals surface area (Å²) in [6.07, 6.45) is 2.05. The first-order valence-electron chi connectivity index (χ1n) is 4.08. The van der Waals surface area contributed by atoms with E-state index in [1.807, 2.05) is 0 Å². The molecule has 0 aliphatic rings. The van der Waals surface area contributed by atoms with E-state index in [1.54, 1.807) is 13.0 Å². The summed E-state index contributed by atoms with van der Waals surface area (Å²) in [7, 11) is 0. The highest BCUT2D eigenvalue weighted by Gasteiger charge is 2.04. The van der Waals surface area contributed by atoms with Crippen molar-refractivity contribution < 1.29 is 14.7 Å². The van der Waals surface area contributed by atoms with Crippen LogP contribution in [0.25, 0.3) is 0 Å². The topological polar surface area (TPSA) is 71.8 Å². The second-order valence-corrected chi connectivity index (χ2v) is 2.43. The van der Waals surface area contributed by atoms with Gasteiger partial charge in [0.1, 0.15) is 5.69 Å². The smallest absolute Gasteiger partial charge is 0.258 e. The lowest BCUT2D eigenvalue weighted by molar-refractivity contribution is 0.111. The average molecular weight is 194 g/mol. The second kappa shape index (κ2) is 4.96. The molecule has 5 heteroatoms. The van der Waals surface area contributed by atoms with Crippen molar-refractivity contribution in [3.8, 4) is 0 Å². The Morgan fingerprint density at radius 3 is 2.93 bits per heavy atom. The minimum atomic E-state index is 0.0949. The van der Waals surface area contributed by atoms with Gasteiger partial charge in [0.2, 0.25) is 0 Å². The number of rotatable bonds is 3. The van der Waals surface area contributed by atoms with Crippen molar-refractivity contribution >= 4 is 12.2 Å². The first kappa shape index (κ1) is 10.2. The number of aldehydes is 1. The maximum absolute atomic E-state index is 10.3. The van der Waals surface area contributed by atoms with Gasteiger partial charge in [-0.05, 0) is 24.2 Å². The van der Waals surface area contributed by atoms with Crippen LogP contribution < -0.4 is 0 Å². The molecular formula is C9H10N2O3. The summed E-state index contributed by atoms with van der Waals surface area (Å²) in [5, 5.41) is 11.6. The summed E-state index contributed by atoms with van der Waals surface area (Å²) in [6, 6.07) is 3.12. The Balaban J connectivity index is 2.89. The van der Waals surface area contributed by atoms with Gasteiger partial charge in [0.25, 0.3) is 5.90 Å². The molecule has 74 valence electrons. The molecule has 0 radical (unpaired) electrons. The Kier molecular flexibility index (Phi) is 3.60. The third-order valence-corrected chi connectivity index (χ3v) is 1.53. The average Bonchev–Trinajstić information content (AvgIpc) is 2.26. The molecular weight excluding hydrogens is 184 g/mol. The van der Waals surface area contributed by atoms with Gasteiger partial charge in [-0.25, -0.2) is 0 Å². The molecule has 14 heavy (non-hydrogen) atoms. The maximum atomic E-state index is 10.3. The molecule has 0 aliphatic carbocycles. The molecule has 0 saturated heterocycles. The van der Waals surface area contributed by atoms with E-state index in [0.717, 1.165) is 0 Å². The highest BCUT2D eigenvalue weighted by molar-refractivity contribution is 5.93. The number of pyridine rings is 1. The number of carbonyl (C=O) groups is 1. The van der Waals surface area contributed by atoms with Crippen LogP contribution in [0.3, 0.4) is 0 Å². The molecule has 1 heterocycles. The molecule has 1 aromatic heterocycles. The summed E-state index contributed by atoms with van der Waals surface area (Å²) >= 11 is 0. The van der Waals surface area contributed by atoms with Crippen LogP contribution in [-0.2, 0) is 4.74 Å². The maximum Gasteiger partial charge on any atom is 0.258 e. The van der Waals surface area contributed by atoms with Crippen LogP contribution in [0.5, 0.6) is 0 Å². The van der Waals surface area contributed by atoms with Crippen LogP contribution in [0.4, 0.5) is 0 Å². The Morgan fingerprint density at radius 1 is 1.71 bits per heavy atom. The summed E-state index contributed by atoms with van der Waals surface area (Å²) in [6.45, 7) is 2.17. The van der Waals surface area contributed by atoms with Gasteiger partial charge in [-0.3, -0.25) is 9.78 Å². The van der Waals surface area contributed by atoms with Crippen molar-refractivity contribution in [1.82, 2.24) is 4.98 Å². The van der Waals surface area contributed by atoms with Crippen molar-refractivity contribution in [2.45, 2.75) is 6.92 Å². The minimum Gasteiger partial charge on any atom is -0.475 e. The monoisotopic (exact) mass is 194 g/mol. The molecule has 0 fully saturated rings. The molecule has 0 atom stereocenters. The summed E-state index contributed by atoms with van der Waals surface area (Å²) in [5.41, 5.74) is 0.850. The number of carbonyl (C=O) groups excluding carboxylic acids is 1. The Bertz CT molecular complexity index is 332. The van der Waals surface area contributed by atoms with Crippen molar-refractivity contribution in [3.05, 3.63) is 29.6 Å². The van der Waals surface area contributed by atoms with E-state index in [4.69, 9.17) is 9.94 Å². The number of aromatic nitrogens is 1. The molecule has 0 aromatic carbocycles. The lowest BCUT2D eigenvalue weighted by Crippen LogP contribution is -2.07. The molecule has 1 rings (SSSR count). The SMILES string of the molecule is CCOC(=NO)c1ccc(C=O)nc1. The summed E-state index contributed by atoms with van der Waals surface area (Å²) < 4.78 is 5.02. The number of nitrogens with zero attached hydrogens (tertiary/aromatic N) is 2. The van der Waals surface area contributed by atoms with Gasteiger partial charge in [0.15, 0.2) is 6.29 Å². The van der Waals surface area contributed by atoms with E-state index < -0.39 is 0 Å². The Hall–Kier alpha value is -1.91. The van der Waals surface area contributed by atoms with Gasteiger partial charge in [-0.1, -0.05) is 0 Å². The number of oxime groups is 1. The number of hydrogen-bond acceptors (Lipinski definition) is 5. The minimum absolute atomic E-state index is 0.0949. The first-order chi connectivity index (χ1) is 6.81. The van der Waals surface area contributed by atoms with Crippen molar-refractivity contribution in [2.24, 2.45) is 5.16 Å². The highest BCUT2D eigenvalue weighted by atomic mass is 16.5. The van der Waals surface area contributed by atoms with E-state index in [0.29, 0.717) is 24.2 Å². The van der Waals surface area contributed by atoms with Crippen LogP contribution in [0.1, 0.15) is 23.0 Å². The molecule has 1 N–H and O–H groups in total. The molecule has 0 unspecified atom stereocenters. The van der Waals surface area contributed by atoms with Crippen LogP contribution in [-0.4, -0.2) is 29.0 Å². The number of hydrogen-bond donors (Lipinski definition) is 1. The van der Waals surface area contributed by atoms with Crippen LogP contribution in [0.15, 0.2) is 23.5 Å². The normalized spacial score (nSPS) is 11.1. The van der Waals surface area contributed by atoms with Crippen LogP contribution in [0.2, 0.25) is 0 Å². The Labute approximate surface area is 81.0 Å². The van der Waals surface area contributed by atoms with E-state index in [2.05, 4.69) is 10.1 Å². The van der Waals surface area contributed by atoms with Gasteiger partial charge >= 0.3 is 0 Å². The lowest BCUT2D eigenvalue weighted by atomic mass is 10.2. The first-order valence-corrected chi connectivity index (χ1v) is 4.08. The fourth-order valence-electron chi connectivity index (χ4n) is 0.908. The molecule has 0 spiro atoms. The van der Waals surface area contributed by atoms with Crippen molar-refractivity contribution in [2.75, 3.05) is 6.61 Å². The van der Waals surface area contributed by atoms with E-state index >= 15 is 0 Å². The second-order valence-electron chi connectivity index (χ2n) is 2.43. The van der Waals surface area contributed by atoms with Gasteiger partial charge in [-0.2, -0.15) is 0 Å². The molecule has 0 aliphatic heterocycles. The van der Waals surface area contributed by atoms with Gasteiger partial charge in [0, 0.05) is 6.20 Å².